The first-order valence-corrected chi connectivity index (χ1v) is 12.0. The van der Waals surface area contributed by atoms with E-state index < -0.39 is 38.8 Å². The van der Waals surface area contributed by atoms with Crippen LogP contribution in [0.1, 0.15) is 35.2 Å². The SMILES string of the molecule is Cc1cc(COc2cnc(/C(F)=C/c3cc(F)c(F)c([C@]4(C)CS(=O)(=O)N(C)C(N)=N4)c3)cn2)no1. The number of hydrogen-bond donors (Lipinski definition) is 1. The molecule has 1 aliphatic heterocycles. The monoisotopic (exact) mass is 522 g/mol. The number of ether oxygens (including phenoxy) is 1. The lowest BCUT2D eigenvalue weighted by Gasteiger charge is -2.34. The number of nitrogens with zero attached hydrogens (tertiary/aromatic N) is 5. The van der Waals surface area contributed by atoms with Crippen molar-refractivity contribution < 1.29 is 30.8 Å². The standard InChI is InChI=1S/C22H21F3N6O4S/c1-12-4-14(30-35-12)10-34-19-9-27-18(8-28-19)16(23)6-13-5-15(20(25)17(24)7-13)22(2)11-36(32,33)31(3)21(26)29-22/h4-9H,10-11H2,1-3H3,(H2,26,29)/b16-6-/t22-/m0/s1. The summed E-state index contributed by atoms with van der Waals surface area (Å²) in [6.45, 7) is 3.10. The number of halogens is 3. The first-order valence-electron chi connectivity index (χ1n) is 10.4. The van der Waals surface area contributed by atoms with Crippen LogP contribution < -0.4 is 10.5 Å². The number of sulfonamides is 1. The molecule has 14 heteroatoms. The van der Waals surface area contributed by atoms with E-state index in [0.29, 0.717) is 11.5 Å². The summed E-state index contributed by atoms with van der Waals surface area (Å²) in [5.74, 6) is -3.84. The molecule has 2 N–H and O–H groups in total. The Morgan fingerprint density at radius 2 is 2.03 bits per heavy atom. The topological polar surface area (TPSA) is 137 Å². The van der Waals surface area contributed by atoms with Gasteiger partial charge >= 0.3 is 0 Å². The van der Waals surface area contributed by atoms with Gasteiger partial charge in [0, 0.05) is 18.7 Å². The molecule has 0 spiro atoms. The Bertz CT molecular complexity index is 1470. The Morgan fingerprint density at radius 3 is 2.64 bits per heavy atom. The first kappa shape index (κ1) is 25.2. The minimum Gasteiger partial charge on any atom is -0.470 e. The lowest BCUT2D eigenvalue weighted by molar-refractivity contribution is 0.276. The number of hydrogen-bond acceptors (Lipinski definition) is 9. The number of rotatable bonds is 6. The van der Waals surface area contributed by atoms with E-state index in [9.17, 15) is 21.6 Å². The summed E-state index contributed by atoms with van der Waals surface area (Å²) in [6, 6.07) is 3.56. The highest BCUT2D eigenvalue weighted by atomic mass is 32.2. The lowest BCUT2D eigenvalue weighted by atomic mass is 9.92. The maximum atomic E-state index is 14.9. The van der Waals surface area contributed by atoms with Crippen molar-refractivity contribution >= 4 is 27.9 Å². The second kappa shape index (κ2) is 9.26. The van der Waals surface area contributed by atoms with Gasteiger partial charge in [0.25, 0.3) is 0 Å². The van der Waals surface area contributed by atoms with Crippen molar-refractivity contribution in [3.8, 4) is 5.88 Å². The van der Waals surface area contributed by atoms with E-state index in [2.05, 4.69) is 20.1 Å². The maximum absolute atomic E-state index is 14.9. The molecule has 4 rings (SSSR count). The molecule has 0 radical (unpaired) electrons. The molecular weight excluding hydrogens is 501 g/mol. The molecule has 190 valence electrons. The average molecular weight is 523 g/mol. The van der Waals surface area contributed by atoms with Gasteiger partial charge in [-0.3, -0.25) is 0 Å². The predicted octanol–water partition coefficient (Wildman–Crippen LogP) is 2.90. The fourth-order valence-corrected chi connectivity index (χ4v) is 4.99. The van der Waals surface area contributed by atoms with Crippen LogP contribution in [0.15, 0.2) is 40.1 Å². The van der Waals surface area contributed by atoms with Crippen LogP contribution in [-0.2, 0) is 22.2 Å². The zero-order valence-corrected chi connectivity index (χ0v) is 20.2. The molecule has 0 fully saturated rings. The summed E-state index contributed by atoms with van der Waals surface area (Å²) in [5, 5.41) is 3.77. The Labute approximate surface area is 204 Å². The summed E-state index contributed by atoms with van der Waals surface area (Å²) in [5.41, 5.74) is 3.83. The molecule has 1 atom stereocenters. The van der Waals surface area contributed by atoms with Crippen molar-refractivity contribution in [3.63, 3.8) is 0 Å². The van der Waals surface area contributed by atoms with Crippen LogP contribution in [0.2, 0.25) is 0 Å². The van der Waals surface area contributed by atoms with Gasteiger partial charge in [-0.15, -0.1) is 0 Å². The normalized spacial score (nSPS) is 19.8. The van der Waals surface area contributed by atoms with Crippen molar-refractivity contribution in [2.24, 2.45) is 10.7 Å². The van der Waals surface area contributed by atoms with Crippen LogP contribution >= 0.6 is 0 Å². The Hall–Kier alpha value is -3.94. The van der Waals surface area contributed by atoms with Crippen molar-refractivity contribution in [1.29, 1.82) is 0 Å². The van der Waals surface area contributed by atoms with E-state index in [1.165, 1.54) is 20.2 Å². The quantitative estimate of drug-likeness (QED) is 0.522. The first-order chi connectivity index (χ1) is 16.9. The zero-order chi connectivity index (χ0) is 26.3. The Morgan fingerprint density at radius 1 is 1.28 bits per heavy atom. The number of aryl methyl sites for hydroxylation is 1. The van der Waals surface area contributed by atoms with Crippen LogP contribution in [0.3, 0.4) is 0 Å². The number of nitrogens with two attached hydrogens (primary N) is 1. The van der Waals surface area contributed by atoms with E-state index in [-0.39, 0.29) is 35.3 Å². The lowest BCUT2D eigenvalue weighted by Crippen LogP contribution is -2.50. The molecule has 2 aromatic heterocycles. The van der Waals surface area contributed by atoms with Crippen molar-refractivity contribution in [2.45, 2.75) is 26.0 Å². The van der Waals surface area contributed by atoms with Gasteiger partial charge in [-0.2, -0.15) is 0 Å². The highest BCUT2D eigenvalue weighted by molar-refractivity contribution is 7.89. The molecule has 0 unspecified atom stereocenters. The zero-order valence-electron chi connectivity index (χ0n) is 19.4. The van der Waals surface area contributed by atoms with Gasteiger partial charge in [0.05, 0.1) is 18.1 Å². The highest BCUT2D eigenvalue weighted by Gasteiger charge is 2.42. The third-order valence-electron chi connectivity index (χ3n) is 5.41. The molecule has 0 saturated carbocycles. The third kappa shape index (κ3) is 5.03. The van der Waals surface area contributed by atoms with E-state index in [0.717, 1.165) is 28.7 Å². The fourth-order valence-electron chi connectivity index (χ4n) is 3.54. The number of aromatic nitrogens is 3. The molecule has 1 aromatic carbocycles. The Balaban J connectivity index is 1.60. The molecule has 0 bridgehead atoms. The maximum Gasteiger partial charge on any atom is 0.239 e. The van der Waals surface area contributed by atoms with Gasteiger partial charge in [0.1, 0.15) is 29.3 Å². The smallest absolute Gasteiger partial charge is 0.239 e. The van der Waals surface area contributed by atoms with E-state index in [1.54, 1.807) is 13.0 Å². The van der Waals surface area contributed by atoms with E-state index in [1.807, 2.05) is 0 Å². The van der Waals surface area contributed by atoms with Crippen LogP contribution in [0, 0.1) is 18.6 Å². The second-order valence-electron chi connectivity index (χ2n) is 8.28. The van der Waals surface area contributed by atoms with E-state index in [4.69, 9.17) is 15.0 Å². The van der Waals surface area contributed by atoms with Gasteiger partial charge in [-0.05, 0) is 37.6 Å². The fraction of sp³-hybridized carbons (Fsp3) is 0.273. The number of guanidine groups is 1. The highest BCUT2D eigenvalue weighted by Crippen LogP contribution is 2.35. The van der Waals surface area contributed by atoms with Crippen LogP contribution in [-0.4, -0.2) is 46.6 Å². The van der Waals surface area contributed by atoms with Crippen LogP contribution in [0.25, 0.3) is 11.9 Å². The minimum atomic E-state index is -3.94. The van der Waals surface area contributed by atoms with Crippen molar-refractivity contribution in [3.05, 3.63) is 70.5 Å². The van der Waals surface area contributed by atoms with Crippen LogP contribution in [0.5, 0.6) is 5.88 Å². The molecule has 3 aromatic rings. The van der Waals surface area contributed by atoms with Gasteiger partial charge < -0.3 is 15.0 Å². The molecule has 10 nitrogen and oxygen atoms in total. The molecule has 0 aliphatic carbocycles. The van der Waals surface area contributed by atoms with Gasteiger partial charge in [-0.1, -0.05) is 5.16 Å². The van der Waals surface area contributed by atoms with Gasteiger partial charge in [0.2, 0.25) is 21.9 Å². The van der Waals surface area contributed by atoms with Crippen molar-refractivity contribution in [1.82, 2.24) is 19.4 Å². The molecule has 3 heterocycles. The largest absolute Gasteiger partial charge is 0.470 e. The summed E-state index contributed by atoms with van der Waals surface area (Å²) in [4.78, 5) is 12.0. The predicted molar refractivity (Wildman–Crippen MR) is 123 cm³/mol. The minimum absolute atomic E-state index is 0.0681. The van der Waals surface area contributed by atoms with E-state index >= 15 is 0 Å². The summed E-state index contributed by atoms with van der Waals surface area (Å²) in [6.07, 6.45) is 3.20. The summed E-state index contributed by atoms with van der Waals surface area (Å²) >= 11 is 0. The average Bonchev–Trinajstić information content (AvgIpc) is 3.23. The molecule has 0 amide bonds. The number of aliphatic imine (C=N–C) groups is 1. The molecule has 36 heavy (non-hydrogen) atoms. The molecular formula is C22H21F3N6O4S. The summed E-state index contributed by atoms with van der Waals surface area (Å²) < 4.78 is 80.0. The van der Waals surface area contributed by atoms with Crippen LogP contribution in [0.4, 0.5) is 13.2 Å². The number of benzene rings is 1. The third-order valence-corrected chi connectivity index (χ3v) is 7.35. The second-order valence-corrected chi connectivity index (χ2v) is 10.3. The van der Waals surface area contributed by atoms with Crippen molar-refractivity contribution in [2.75, 3.05) is 12.8 Å². The summed E-state index contributed by atoms with van der Waals surface area (Å²) in [7, 11) is -2.74. The molecule has 1 aliphatic rings. The van der Waals surface area contributed by atoms with Gasteiger partial charge in [0.15, 0.2) is 17.5 Å². The Kier molecular flexibility index (Phi) is 6.47. The molecule has 0 saturated heterocycles. The van der Waals surface area contributed by atoms with Gasteiger partial charge in [-0.25, -0.2) is 40.9 Å².